The van der Waals surface area contributed by atoms with E-state index in [2.05, 4.69) is 0 Å². The minimum atomic E-state index is -0.809. The zero-order chi connectivity index (χ0) is 10.6. The summed E-state index contributed by atoms with van der Waals surface area (Å²) in [7, 11) is 0. The number of rotatable bonds is 5. The summed E-state index contributed by atoms with van der Waals surface area (Å²) in [5.74, 6) is -0.815. The fourth-order valence-electron chi connectivity index (χ4n) is 1.52. The molecule has 0 saturated carbocycles. The summed E-state index contributed by atoms with van der Waals surface area (Å²) < 4.78 is 0. The van der Waals surface area contributed by atoms with Gasteiger partial charge < -0.3 is 10.2 Å². The molecule has 0 radical (unpaired) electrons. The van der Waals surface area contributed by atoms with Crippen LogP contribution in [-0.2, 0) is 9.59 Å². The van der Waals surface area contributed by atoms with Crippen LogP contribution in [0.3, 0.4) is 0 Å². The molecule has 1 atom stereocenters. The van der Waals surface area contributed by atoms with Gasteiger partial charge in [0.05, 0.1) is 6.10 Å². The number of ketones is 1. The molecular weight excluding hydrogens is 184 g/mol. The van der Waals surface area contributed by atoms with E-state index in [9.17, 15) is 9.59 Å². The van der Waals surface area contributed by atoms with Crippen molar-refractivity contribution in [2.24, 2.45) is 0 Å². The van der Waals surface area contributed by atoms with Crippen molar-refractivity contribution in [2.75, 3.05) is 0 Å². The Hall–Kier alpha value is -1.16. The van der Waals surface area contributed by atoms with Crippen LogP contribution in [-0.4, -0.2) is 28.1 Å². The Bertz CT molecular complexity index is 267. The molecule has 1 aliphatic carbocycles. The van der Waals surface area contributed by atoms with E-state index >= 15 is 0 Å². The van der Waals surface area contributed by atoms with Gasteiger partial charge in [-0.1, -0.05) is 0 Å². The van der Waals surface area contributed by atoms with Crippen molar-refractivity contribution in [3.8, 4) is 0 Å². The van der Waals surface area contributed by atoms with Crippen LogP contribution in [0.4, 0.5) is 0 Å². The largest absolute Gasteiger partial charge is 0.481 e. The number of unbranched alkanes of at least 4 members (excludes halogenated alkanes) is 1. The van der Waals surface area contributed by atoms with Gasteiger partial charge in [-0.25, -0.2) is 0 Å². The average Bonchev–Trinajstić information content (AvgIpc) is 2.39. The van der Waals surface area contributed by atoms with Crippen molar-refractivity contribution in [1.82, 2.24) is 0 Å². The van der Waals surface area contributed by atoms with E-state index in [1.807, 2.05) is 0 Å². The molecule has 0 bridgehead atoms. The lowest BCUT2D eigenvalue weighted by Crippen LogP contribution is -2.01. The van der Waals surface area contributed by atoms with Crippen LogP contribution in [0.15, 0.2) is 11.6 Å². The highest BCUT2D eigenvalue weighted by molar-refractivity contribution is 5.98. The predicted octanol–water partition coefficient (Wildman–Crippen LogP) is 0.891. The molecule has 1 unspecified atom stereocenters. The van der Waals surface area contributed by atoms with Gasteiger partial charge in [-0.3, -0.25) is 9.59 Å². The summed E-state index contributed by atoms with van der Waals surface area (Å²) in [5, 5.41) is 17.5. The van der Waals surface area contributed by atoms with Gasteiger partial charge in [0.15, 0.2) is 5.78 Å². The molecule has 0 heterocycles. The summed E-state index contributed by atoms with van der Waals surface area (Å²) in [6, 6.07) is 0. The first-order chi connectivity index (χ1) is 6.59. The third-order valence-corrected chi connectivity index (χ3v) is 2.23. The van der Waals surface area contributed by atoms with Crippen molar-refractivity contribution in [3.05, 3.63) is 11.6 Å². The number of carbonyl (C=O) groups excluding carboxylic acids is 1. The molecule has 0 aromatic rings. The maximum Gasteiger partial charge on any atom is 0.303 e. The molecule has 2 N–H and O–H groups in total. The van der Waals surface area contributed by atoms with Gasteiger partial charge >= 0.3 is 5.97 Å². The Morgan fingerprint density at radius 1 is 1.50 bits per heavy atom. The molecule has 1 aliphatic rings. The van der Waals surface area contributed by atoms with Crippen molar-refractivity contribution in [3.63, 3.8) is 0 Å². The highest BCUT2D eigenvalue weighted by atomic mass is 16.4. The van der Waals surface area contributed by atoms with Crippen LogP contribution >= 0.6 is 0 Å². The third kappa shape index (κ3) is 3.30. The highest BCUT2D eigenvalue weighted by Gasteiger charge is 2.21. The fourth-order valence-corrected chi connectivity index (χ4v) is 1.52. The van der Waals surface area contributed by atoms with Crippen LogP contribution in [0.1, 0.15) is 32.1 Å². The van der Waals surface area contributed by atoms with Gasteiger partial charge in [0.1, 0.15) is 0 Å². The van der Waals surface area contributed by atoms with E-state index in [1.54, 1.807) is 6.08 Å². The van der Waals surface area contributed by atoms with Gasteiger partial charge in [0.25, 0.3) is 0 Å². The van der Waals surface area contributed by atoms with Gasteiger partial charge in [0.2, 0.25) is 0 Å². The summed E-state index contributed by atoms with van der Waals surface area (Å²) in [6.07, 6.45) is 3.13. The van der Waals surface area contributed by atoms with E-state index in [-0.39, 0.29) is 18.6 Å². The van der Waals surface area contributed by atoms with Gasteiger partial charge in [-0.15, -0.1) is 0 Å². The van der Waals surface area contributed by atoms with Crippen LogP contribution in [0.2, 0.25) is 0 Å². The van der Waals surface area contributed by atoms with Crippen molar-refractivity contribution >= 4 is 11.8 Å². The van der Waals surface area contributed by atoms with Crippen molar-refractivity contribution in [2.45, 2.75) is 38.2 Å². The van der Waals surface area contributed by atoms with Crippen LogP contribution in [0.25, 0.3) is 0 Å². The maximum atomic E-state index is 11.2. The Kier molecular flexibility index (Phi) is 3.83. The number of carbonyl (C=O) groups is 2. The summed E-state index contributed by atoms with van der Waals surface area (Å²) in [5.41, 5.74) is 0.655. The molecule has 0 fully saturated rings. The molecule has 0 aromatic carbocycles. The number of hydrogen-bond acceptors (Lipinski definition) is 3. The van der Waals surface area contributed by atoms with Gasteiger partial charge in [-0.2, -0.15) is 0 Å². The second kappa shape index (κ2) is 4.91. The van der Waals surface area contributed by atoms with Crippen molar-refractivity contribution in [1.29, 1.82) is 0 Å². The summed E-state index contributed by atoms with van der Waals surface area (Å²) >= 11 is 0. The third-order valence-electron chi connectivity index (χ3n) is 2.23. The summed E-state index contributed by atoms with van der Waals surface area (Å²) in [6.45, 7) is 0. The molecule has 4 nitrogen and oxygen atoms in total. The highest BCUT2D eigenvalue weighted by Crippen LogP contribution is 2.20. The molecule has 4 heteroatoms. The molecule has 0 aromatic heterocycles. The molecule has 14 heavy (non-hydrogen) atoms. The molecule has 1 rings (SSSR count). The first-order valence-corrected chi connectivity index (χ1v) is 4.73. The molecule has 0 spiro atoms. The minimum absolute atomic E-state index is 0.00664. The zero-order valence-electron chi connectivity index (χ0n) is 7.90. The lowest BCUT2D eigenvalue weighted by molar-refractivity contribution is -0.137. The lowest BCUT2D eigenvalue weighted by atomic mass is 10.1. The molecule has 78 valence electrons. The zero-order valence-corrected chi connectivity index (χ0v) is 7.90. The smallest absolute Gasteiger partial charge is 0.303 e. The number of aliphatic hydroxyl groups excluding tert-OH is 1. The molecule has 0 amide bonds. The molecule has 0 saturated heterocycles. The Morgan fingerprint density at radius 2 is 2.21 bits per heavy atom. The lowest BCUT2D eigenvalue weighted by Gasteiger charge is -1.98. The summed E-state index contributed by atoms with van der Waals surface area (Å²) in [4.78, 5) is 21.4. The number of carboxylic acid groups (broad SMARTS) is 1. The Morgan fingerprint density at radius 3 is 2.71 bits per heavy atom. The number of aliphatic hydroxyl groups is 1. The number of hydrogen-bond donors (Lipinski definition) is 2. The predicted molar refractivity (Wildman–Crippen MR) is 49.8 cm³/mol. The van der Waals surface area contributed by atoms with E-state index < -0.39 is 12.1 Å². The molecule has 0 aliphatic heterocycles. The van der Waals surface area contributed by atoms with Crippen LogP contribution < -0.4 is 0 Å². The first kappa shape index (κ1) is 10.9. The number of carboxylic acids is 1. The number of allylic oxidation sites excluding steroid dienone is 1. The van der Waals surface area contributed by atoms with Gasteiger partial charge in [-0.05, 0) is 30.9 Å². The van der Waals surface area contributed by atoms with E-state index in [0.29, 0.717) is 24.8 Å². The van der Waals surface area contributed by atoms with Gasteiger partial charge in [0, 0.05) is 12.8 Å². The Balaban J connectivity index is 2.22. The first-order valence-electron chi connectivity index (χ1n) is 4.73. The SMILES string of the molecule is O=C(O)CCCCC1=CC(O)CC1=O. The second-order valence-corrected chi connectivity index (χ2v) is 3.49. The quantitative estimate of drug-likeness (QED) is 0.643. The monoisotopic (exact) mass is 198 g/mol. The van der Waals surface area contributed by atoms with Crippen molar-refractivity contribution < 1.29 is 19.8 Å². The average molecular weight is 198 g/mol. The standard InChI is InChI=1S/C10H14O4/c11-8-5-7(9(12)6-8)3-1-2-4-10(13)14/h5,8,11H,1-4,6H2,(H,13,14). The van der Waals surface area contributed by atoms with E-state index in [4.69, 9.17) is 10.2 Å². The topological polar surface area (TPSA) is 74.6 Å². The van der Waals surface area contributed by atoms with E-state index in [1.165, 1.54) is 0 Å². The maximum absolute atomic E-state index is 11.2. The normalized spacial score (nSPS) is 21.1. The van der Waals surface area contributed by atoms with E-state index in [0.717, 1.165) is 0 Å². The van der Waals surface area contributed by atoms with Crippen LogP contribution in [0, 0.1) is 0 Å². The Labute approximate surface area is 82.2 Å². The minimum Gasteiger partial charge on any atom is -0.481 e. The van der Waals surface area contributed by atoms with Crippen LogP contribution in [0.5, 0.6) is 0 Å². The molecular formula is C10H14O4. The number of Topliss-reactive ketones (excluding diaryl/α,β-unsaturated/α-hetero) is 1. The second-order valence-electron chi connectivity index (χ2n) is 3.49. The number of aliphatic carboxylic acids is 1. The fraction of sp³-hybridized carbons (Fsp3) is 0.600.